The second-order valence-electron chi connectivity index (χ2n) is 2.42. The van der Waals surface area contributed by atoms with E-state index < -0.39 is 0 Å². The predicted octanol–water partition coefficient (Wildman–Crippen LogP) is 0.744. The van der Waals surface area contributed by atoms with Crippen molar-refractivity contribution in [3.05, 3.63) is 29.3 Å². The maximum atomic E-state index is 5.56. The molecule has 11 heavy (non-hydrogen) atoms. The summed E-state index contributed by atoms with van der Waals surface area (Å²) in [5, 5.41) is 0. The number of aryl methyl sites for hydroxylation is 2. The van der Waals surface area contributed by atoms with E-state index in [-0.39, 0.29) is 11.0 Å². The topological polar surface area (TPSA) is 60.0 Å². The number of benzene rings is 1. The van der Waals surface area contributed by atoms with E-state index in [1.54, 1.807) is 0 Å². The minimum absolute atomic E-state index is 0. The zero-order chi connectivity index (χ0) is 6.85. The molecule has 2 nitrogen and oxygen atoms in total. The Bertz CT molecular complexity index is 173. The van der Waals surface area contributed by atoms with Crippen molar-refractivity contribution in [3.8, 4) is 0 Å². The van der Waals surface area contributed by atoms with Crippen molar-refractivity contribution in [3.63, 3.8) is 0 Å². The molecule has 0 amide bonds. The summed E-state index contributed by atoms with van der Waals surface area (Å²) in [4.78, 5) is 0. The third-order valence-electron chi connectivity index (χ3n) is 1.24. The first kappa shape index (κ1) is 12.8. The second-order valence-corrected chi connectivity index (χ2v) is 2.42. The number of hydrogen-bond acceptors (Lipinski definition) is 2. The van der Waals surface area contributed by atoms with Gasteiger partial charge in [-0.05, 0) is 0 Å². The van der Waals surface area contributed by atoms with Crippen molar-refractivity contribution >= 4 is 13.3 Å². The van der Waals surface area contributed by atoms with Crippen LogP contribution in [0, 0.1) is 13.8 Å². The maximum Gasteiger partial charge on any atom is -0.870 e. The molecule has 0 radical (unpaired) electrons. The number of rotatable bonds is 0. The Morgan fingerprint density at radius 3 is 1.55 bits per heavy atom. The van der Waals surface area contributed by atoms with E-state index in [2.05, 4.69) is 6.07 Å². The molecule has 1 rings (SSSR count). The van der Waals surface area contributed by atoms with E-state index in [9.17, 15) is 0 Å². The van der Waals surface area contributed by atoms with Crippen LogP contribution in [0.1, 0.15) is 11.1 Å². The summed E-state index contributed by atoms with van der Waals surface area (Å²) in [5.41, 5.74) is 3.31. The first-order valence-electron chi connectivity index (χ1n) is 3.02. The van der Waals surface area contributed by atoms with Gasteiger partial charge in [-0.15, -0.1) is 0 Å². The van der Waals surface area contributed by atoms with Gasteiger partial charge in [-0.3, -0.25) is 0 Å². The van der Waals surface area contributed by atoms with Crippen molar-refractivity contribution in [1.29, 1.82) is 0 Å². The van der Waals surface area contributed by atoms with E-state index in [4.69, 9.17) is 7.85 Å². The standard InChI is InChI=1S/C8H9B.2H2O/c1-6-3-7(2)5-8(9)4-6;;/h3-5H,1-2H3;2*1H2/q+2;;/p-2. The van der Waals surface area contributed by atoms with E-state index in [1.807, 2.05) is 26.0 Å². The fourth-order valence-corrected chi connectivity index (χ4v) is 1.01. The fourth-order valence-electron chi connectivity index (χ4n) is 1.01. The molecule has 0 aliphatic rings. The molecular weight excluding hydrogens is 139 g/mol. The fraction of sp³-hybridized carbons (Fsp3) is 0.250. The average molecular weight is 150 g/mol. The molecule has 3 heteroatoms. The molecule has 0 unspecified atom stereocenters. The van der Waals surface area contributed by atoms with E-state index in [0.717, 1.165) is 5.46 Å². The molecule has 0 saturated heterocycles. The molecule has 0 aliphatic carbocycles. The maximum absolute atomic E-state index is 5.56. The molecule has 0 spiro atoms. The van der Waals surface area contributed by atoms with Crippen LogP contribution < -0.4 is 5.46 Å². The van der Waals surface area contributed by atoms with Crippen LogP contribution in [0.3, 0.4) is 0 Å². The molecule has 0 saturated carbocycles. The van der Waals surface area contributed by atoms with Crippen LogP contribution in [0.15, 0.2) is 18.2 Å². The Kier molecular flexibility index (Phi) is 5.76. The zero-order valence-corrected chi connectivity index (χ0v) is 6.70. The van der Waals surface area contributed by atoms with Gasteiger partial charge in [-0.25, -0.2) is 0 Å². The average Bonchev–Trinajstić information content (AvgIpc) is 1.59. The van der Waals surface area contributed by atoms with Gasteiger partial charge in [0.05, 0.1) is 0 Å². The smallest absolute Gasteiger partial charge is 0.870 e. The van der Waals surface area contributed by atoms with Crippen LogP contribution in [0.2, 0.25) is 0 Å². The molecule has 0 aliphatic heterocycles. The van der Waals surface area contributed by atoms with Gasteiger partial charge < -0.3 is 11.0 Å². The molecule has 0 bridgehead atoms. The van der Waals surface area contributed by atoms with Gasteiger partial charge in [0.2, 0.25) is 0 Å². The molecule has 0 heterocycles. The van der Waals surface area contributed by atoms with Gasteiger partial charge in [-0.1, -0.05) is 0 Å². The van der Waals surface area contributed by atoms with Crippen molar-refractivity contribution in [2.24, 2.45) is 0 Å². The van der Waals surface area contributed by atoms with Gasteiger partial charge in [-0.2, -0.15) is 0 Å². The summed E-state index contributed by atoms with van der Waals surface area (Å²) in [6.45, 7) is 4.09. The van der Waals surface area contributed by atoms with Gasteiger partial charge in [0.15, 0.2) is 0 Å². The molecule has 0 fully saturated rings. The van der Waals surface area contributed by atoms with Crippen molar-refractivity contribution < 1.29 is 11.0 Å². The van der Waals surface area contributed by atoms with E-state index >= 15 is 0 Å². The summed E-state index contributed by atoms with van der Waals surface area (Å²) in [5.74, 6) is 0. The SMILES string of the molecule is [B+2]c1cc(C)cc(C)c1.[OH-].[OH-]. The van der Waals surface area contributed by atoms with Crippen LogP contribution in [0.5, 0.6) is 0 Å². The Morgan fingerprint density at radius 1 is 0.909 bits per heavy atom. The summed E-state index contributed by atoms with van der Waals surface area (Å²) < 4.78 is 0. The summed E-state index contributed by atoms with van der Waals surface area (Å²) in [6.07, 6.45) is 0. The molecule has 1 aromatic rings. The predicted molar refractivity (Wildman–Crippen MR) is 45.2 cm³/mol. The molecular formula is C8H11BO2. The van der Waals surface area contributed by atoms with Gasteiger partial charge >= 0.3 is 56.5 Å². The second kappa shape index (κ2) is 4.94. The van der Waals surface area contributed by atoms with Gasteiger partial charge in [0.25, 0.3) is 0 Å². The minimum Gasteiger partial charge on any atom is -0.870 e. The summed E-state index contributed by atoms with van der Waals surface area (Å²) in [6, 6.07) is 6.04. The van der Waals surface area contributed by atoms with Crippen molar-refractivity contribution in [1.82, 2.24) is 0 Å². The Morgan fingerprint density at radius 2 is 1.27 bits per heavy atom. The minimum atomic E-state index is 0. The monoisotopic (exact) mass is 150 g/mol. The molecule has 0 aromatic heterocycles. The summed E-state index contributed by atoms with van der Waals surface area (Å²) in [7, 11) is 5.56. The van der Waals surface area contributed by atoms with Gasteiger partial charge in [0.1, 0.15) is 0 Å². The van der Waals surface area contributed by atoms with Crippen LogP contribution in [0.25, 0.3) is 0 Å². The third kappa shape index (κ3) is 3.81. The van der Waals surface area contributed by atoms with Crippen molar-refractivity contribution in [2.45, 2.75) is 13.8 Å². The first-order valence-corrected chi connectivity index (χ1v) is 3.02. The van der Waals surface area contributed by atoms with Crippen LogP contribution in [-0.4, -0.2) is 18.8 Å². The normalized spacial score (nSPS) is 8.00. The Labute approximate surface area is 68.3 Å². The summed E-state index contributed by atoms with van der Waals surface area (Å²) >= 11 is 0. The molecule has 1 aromatic carbocycles. The quantitative estimate of drug-likeness (QED) is 0.512. The van der Waals surface area contributed by atoms with Gasteiger partial charge in [0, 0.05) is 0 Å². The largest absolute Gasteiger partial charge is 0.870 e. The first-order chi connectivity index (χ1) is 4.18. The zero-order valence-electron chi connectivity index (χ0n) is 6.70. The molecule has 0 atom stereocenters. The van der Waals surface area contributed by atoms with Crippen molar-refractivity contribution in [2.75, 3.05) is 0 Å². The Balaban J connectivity index is 0. The number of hydrogen-bond donors (Lipinski definition) is 0. The third-order valence-corrected chi connectivity index (χ3v) is 1.24. The van der Waals surface area contributed by atoms with Crippen LogP contribution >= 0.6 is 0 Å². The van der Waals surface area contributed by atoms with Crippen LogP contribution in [-0.2, 0) is 0 Å². The molecule has 58 valence electrons. The van der Waals surface area contributed by atoms with E-state index in [0.29, 0.717) is 0 Å². The van der Waals surface area contributed by atoms with Crippen LogP contribution in [0.4, 0.5) is 0 Å². The Hall–Kier alpha value is -0.795. The van der Waals surface area contributed by atoms with E-state index in [1.165, 1.54) is 11.1 Å². The molecule has 2 N–H and O–H groups in total.